The Labute approximate surface area is 129 Å². The molecule has 2 rings (SSSR count). The van der Waals surface area contributed by atoms with Crippen molar-refractivity contribution < 1.29 is 9.47 Å². The zero-order valence-corrected chi connectivity index (χ0v) is 12.9. The fourth-order valence-electron chi connectivity index (χ4n) is 2.04. The topological polar surface area (TPSA) is 56.5 Å². The molecule has 0 radical (unpaired) electrons. The molecule has 0 aliphatic carbocycles. The third kappa shape index (κ3) is 3.64. The molecular weight excluding hydrogens is 284 g/mol. The van der Waals surface area contributed by atoms with Gasteiger partial charge in [0.2, 0.25) is 0 Å². The lowest BCUT2D eigenvalue weighted by Gasteiger charge is -2.14. The van der Waals surface area contributed by atoms with Crippen LogP contribution in [-0.2, 0) is 6.54 Å². The second-order valence-electron chi connectivity index (χ2n) is 4.44. The Balaban J connectivity index is 2.19. The molecule has 3 N–H and O–H groups in total. The van der Waals surface area contributed by atoms with Crippen LogP contribution in [0.5, 0.6) is 11.5 Å². The molecule has 2 aromatic carbocycles. The van der Waals surface area contributed by atoms with Gasteiger partial charge in [-0.05, 0) is 24.3 Å². The van der Waals surface area contributed by atoms with E-state index in [1.54, 1.807) is 14.2 Å². The Hall–Kier alpha value is -2.27. The molecule has 0 atom stereocenters. The van der Waals surface area contributed by atoms with E-state index in [4.69, 9.17) is 27.4 Å². The van der Waals surface area contributed by atoms with Crippen LogP contribution >= 0.6 is 12.2 Å². The molecule has 4 nitrogen and oxygen atoms in total. The highest BCUT2D eigenvalue weighted by Crippen LogP contribution is 2.26. The number of ether oxygens (including phenoxy) is 2. The predicted molar refractivity (Wildman–Crippen MR) is 89.2 cm³/mol. The number of nitrogens with two attached hydrogens (primary N) is 1. The molecular formula is C16H18N2O2S. The van der Waals surface area contributed by atoms with Gasteiger partial charge in [0, 0.05) is 29.4 Å². The molecule has 0 aromatic heterocycles. The van der Waals surface area contributed by atoms with Crippen molar-refractivity contribution in [1.82, 2.24) is 0 Å². The fourth-order valence-corrected chi connectivity index (χ4v) is 2.22. The van der Waals surface area contributed by atoms with E-state index in [-0.39, 0.29) is 0 Å². The Morgan fingerprint density at radius 2 is 1.90 bits per heavy atom. The summed E-state index contributed by atoms with van der Waals surface area (Å²) in [5.74, 6) is 1.54. The highest BCUT2D eigenvalue weighted by Gasteiger charge is 2.07. The van der Waals surface area contributed by atoms with Crippen LogP contribution in [0.3, 0.4) is 0 Å². The van der Waals surface area contributed by atoms with Crippen molar-refractivity contribution in [2.45, 2.75) is 6.54 Å². The number of hydrogen-bond donors (Lipinski definition) is 2. The van der Waals surface area contributed by atoms with Crippen LogP contribution in [-0.4, -0.2) is 19.2 Å². The molecule has 0 saturated heterocycles. The minimum Gasteiger partial charge on any atom is -0.497 e. The number of nitrogens with one attached hydrogen (secondary N) is 1. The summed E-state index contributed by atoms with van der Waals surface area (Å²) < 4.78 is 10.6. The fraction of sp³-hybridized carbons (Fsp3) is 0.188. The number of para-hydroxylation sites is 1. The zero-order chi connectivity index (χ0) is 15.2. The number of rotatable bonds is 6. The number of anilines is 1. The predicted octanol–water partition coefficient (Wildman–Crippen LogP) is 2.95. The van der Waals surface area contributed by atoms with E-state index in [1.807, 2.05) is 42.5 Å². The van der Waals surface area contributed by atoms with Crippen molar-refractivity contribution in [3.8, 4) is 11.5 Å². The first-order chi connectivity index (χ1) is 10.2. The van der Waals surface area contributed by atoms with Crippen LogP contribution in [0, 0.1) is 0 Å². The Bertz CT molecular complexity index is 644. The lowest BCUT2D eigenvalue weighted by Crippen LogP contribution is -2.13. The van der Waals surface area contributed by atoms with Gasteiger partial charge in [-0.1, -0.05) is 24.4 Å². The van der Waals surface area contributed by atoms with Gasteiger partial charge in [-0.25, -0.2) is 0 Å². The van der Waals surface area contributed by atoms with Crippen LogP contribution in [0.4, 0.5) is 5.69 Å². The molecule has 0 bridgehead atoms. The van der Waals surface area contributed by atoms with E-state index < -0.39 is 0 Å². The van der Waals surface area contributed by atoms with Gasteiger partial charge in [0.05, 0.1) is 14.2 Å². The van der Waals surface area contributed by atoms with Gasteiger partial charge >= 0.3 is 0 Å². The minimum absolute atomic E-state index is 0.375. The molecule has 21 heavy (non-hydrogen) atoms. The first kappa shape index (κ1) is 15.1. The van der Waals surface area contributed by atoms with Gasteiger partial charge in [0.15, 0.2) is 0 Å². The summed E-state index contributed by atoms with van der Waals surface area (Å²) in [6.45, 7) is 0.604. The zero-order valence-electron chi connectivity index (χ0n) is 12.1. The monoisotopic (exact) mass is 302 g/mol. The second-order valence-corrected chi connectivity index (χ2v) is 4.88. The smallest absolute Gasteiger partial charge is 0.127 e. The van der Waals surface area contributed by atoms with E-state index in [2.05, 4.69) is 5.32 Å². The van der Waals surface area contributed by atoms with Crippen molar-refractivity contribution >= 4 is 22.9 Å². The quantitative estimate of drug-likeness (QED) is 0.804. The average Bonchev–Trinajstić information content (AvgIpc) is 2.52. The first-order valence-corrected chi connectivity index (χ1v) is 6.90. The summed E-state index contributed by atoms with van der Waals surface area (Å²) in [6.07, 6.45) is 0. The maximum Gasteiger partial charge on any atom is 0.127 e. The first-order valence-electron chi connectivity index (χ1n) is 6.49. The van der Waals surface area contributed by atoms with E-state index in [9.17, 15) is 0 Å². The van der Waals surface area contributed by atoms with Gasteiger partial charge in [0.1, 0.15) is 16.5 Å². The van der Waals surface area contributed by atoms with Gasteiger partial charge in [0.25, 0.3) is 0 Å². The number of hydrogen-bond acceptors (Lipinski definition) is 4. The molecule has 0 amide bonds. The van der Waals surface area contributed by atoms with Crippen molar-refractivity contribution in [3.63, 3.8) is 0 Å². The van der Waals surface area contributed by atoms with Gasteiger partial charge < -0.3 is 20.5 Å². The normalized spacial score (nSPS) is 10.0. The molecule has 0 saturated carbocycles. The van der Waals surface area contributed by atoms with Crippen LogP contribution < -0.4 is 20.5 Å². The molecule has 2 aromatic rings. The SMILES string of the molecule is COc1ccc(CNc2ccccc2C(N)=S)c(OC)c1. The van der Waals surface area contributed by atoms with Crippen LogP contribution in [0.1, 0.15) is 11.1 Å². The van der Waals surface area contributed by atoms with Crippen LogP contribution in [0.15, 0.2) is 42.5 Å². The van der Waals surface area contributed by atoms with Crippen molar-refractivity contribution in [1.29, 1.82) is 0 Å². The molecule has 0 spiro atoms. The number of thiocarbonyl (C=S) groups is 1. The highest BCUT2D eigenvalue weighted by atomic mass is 32.1. The molecule has 0 aliphatic heterocycles. The summed E-state index contributed by atoms with van der Waals surface area (Å²) in [6, 6.07) is 13.4. The Morgan fingerprint density at radius 1 is 1.14 bits per heavy atom. The molecule has 110 valence electrons. The molecule has 0 unspecified atom stereocenters. The Kier molecular flexibility index (Phi) is 5.00. The van der Waals surface area contributed by atoms with E-state index >= 15 is 0 Å². The van der Waals surface area contributed by atoms with Crippen molar-refractivity contribution in [2.75, 3.05) is 19.5 Å². The third-order valence-corrected chi connectivity index (χ3v) is 3.38. The maximum atomic E-state index is 5.73. The summed E-state index contributed by atoms with van der Waals surface area (Å²) in [5, 5.41) is 3.33. The van der Waals surface area contributed by atoms with Gasteiger partial charge in [-0.2, -0.15) is 0 Å². The highest BCUT2D eigenvalue weighted by molar-refractivity contribution is 7.80. The lowest BCUT2D eigenvalue weighted by molar-refractivity contribution is 0.391. The van der Waals surface area contributed by atoms with E-state index in [1.165, 1.54) is 0 Å². The number of methoxy groups -OCH3 is 2. The summed E-state index contributed by atoms with van der Waals surface area (Å²) in [4.78, 5) is 0.375. The van der Waals surface area contributed by atoms with Gasteiger partial charge in [-0.3, -0.25) is 0 Å². The van der Waals surface area contributed by atoms with Gasteiger partial charge in [-0.15, -0.1) is 0 Å². The maximum absolute atomic E-state index is 5.73. The molecule has 0 heterocycles. The van der Waals surface area contributed by atoms with Crippen LogP contribution in [0.2, 0.25) is 0 Å². The van der Waals surface area contributed by atoms with Crippen LogP contribution in [0.25, 0.3) is 0 Å². The average molecular weight is 302 g/mol. The Morgan fingerprint density at radius 3 is 2.57 bits per heavy atom. The molecule has 0 aliphatic rings. The minimum atomic E-state index is 0.375. The summed E-state index contributed by atoms with van der Waals surface area (Å²) in [5.41, 5.74) is 8.49. The summed E-state index contributed by atoms with van der Waals surface area (Å²) in [7, 11) is 3.27. The number of benzene rings is 2. The van der Waals surface area contributed by atoms with Crippen molar-refractivity contribution in [3.05, 3.63) is 53.6 Å². The van der Waals surface area contributed by atoms with Crippen molar-refractivity contribution in [2.24, 2.45) is 5.73 Å². The second kappa shape index (κ2) is 6.95. The lowest BCUT2D eigenvalue weighted by atomic mass is 10.1. The largest absolute Gasteiger partial charge is 0.497 e. The molecule has 0 fully saturated rings. The van der Waals surface area contributed by atoms with E-state index in [0.717, 1.165) is 28.3 Å². The standard InChI is InChI=1S/C16H18N2O2S/c1-19-12-8-7-11(15(9-12)20-2)10-18-14-6-4-3-5-13(14)16(17)21/h3-9,18H,10H2,1-2H3,(H2,17,21). The molecule has 5 heteroatoms. The third-order valence-electron chi connectivity index (χ3n) is 3.16. The summed E-state index contributed by atoms with van der Waals surface area (Å²) >= 11 is 5.06. The van der Waals surface area contributed by atoms with E-state index in [0.29, 0.717) is 11.5 Å².